The summed E-state index contributed by atoms with van der Waals surface area (Å²) in [6.45, 7) is 9.06. The van der Waals surface area contributed by atoms with Crippen LogP contribution in [-0.4, -0.2) is 42.6 Å². The normalized spacial score (nSPS) is 27.4. The minimum absolute atomic E-state index is 0.0140. The van der Waals surface area contributed by atoms with Crippen LogP contribution in [0.15, 0.2) is 0 Å². The molecule has 0 spiro atoms. The van der Waals surface area contributed by atoms with E-state index in [0.717, 1.165) is 25.9 Å². The second-order valence-corrected chi connectivity index (χ2v) is 6.02. The molecule has 0 aromatic heterocycles. The predicted molar refractivity (Wildman–Crippen MR) is 73.3 cm³/mol. The standard InChI is InChI=1S/C14H28N2O2/c1-6-7-8-18-12-9-11(14(12,3)4)16(5)13(17)10(2)15/h10-12H,6-9,15H2,1-5H3/t10-,11?,12?/m0/s1. The van der Waals surface area contributed by atoms with Gasteiger partial charge < -0.3 is 15.4 Å². The lowest BCUT2D eigenvalue weighted by molar-refractivity contribution is -0.165. The lowest BCUT2D eigenvalue weighted by atomic mass is 9.63. The Bertz CT molecular complexity index is 290. The number of ether oxygens (including phenoxy) is 1. The molecule has 106 valence electrons. The van der Waals surface area contributed by atoms with Gasteiger partial charge in [-0.25, -0.2) is 0 Å². The van der Waals surface area contributed by atoms with Gasteiger partial charge in [-0.2, -0.15) is 0 Å². The highest BCUT2D eigenvalue weighted by Gasteiger charge is 2.51. The second kappa shape index (κ2) is 6.02. The molecule has 1 aliphatic rings. The number of amides is 1. The number of rotatable bonds is 6. The van der Waals surface area contributed by atoms with Crippen molar-refractivity contribution in [2.45, 2.75) is 65.1 Å². The maximum atomic E-state index is 11.9. The van der Waals surface area contributed by atoms with Crippen molar-refractivity contribution in [1.29, 1.82) is 0 Å². The Balaban J connectivity index is 2.50. The summed E-state index contributed by atoms with van der Waals surface area (Å²) in [6.07, 6.45) is 3.44. The van der Waals surface area contributed by atoms with Gasteiger partial charge >= 0.3 is 0 Å². The smallest absolute Gasteiger partial charge is 0.239 e. The van der Waals surface area contributed by atoms with Gasteiger partial charge in [0.25, 0.3) is 0 Å². The lowest BCUT2D eigenvalue weighted by Crippen LogP contribution is -2.63. The van der Waals surface area contributed by atoms with Gasteiger partial charge in [0.05, 0.1) is 12.1 Å². The van der Waals surface area contributed by atoms with Crippen LogP contribution in [-0.2, 0) is 9.53 Å². The number of carbonyl (C=O) groups excluding carboxylic acids is 1. The first-order valence-electron chi connectivity index (χ1n) is 6.96. The average molecular weight is 256 g/mol. The van der Waals surface area contributed by atoms with Gasteiger partial charge in [0.15, 0.2) is 0 Å². The van der Waals surface area contributed by atoms with Crippen LogP contribution < -0.4 is 5.73 Å². The van der Waals surface area contributed by atoms with Crippen molar-refractivity contribution in [3.8, 4) is 0 Å². The number of nitrogens with zero attached hydrogens (tertiary/aromatic N) is 1. The number of carbonyl (C=O) groups is 1. The molecule has 0 bridgehead atoms. The van der Waals surface area contributed by atoms with Gasteiger partial charge in [-0.15, -0.1) is 0 Å². The molecule has 1 rings (SSSR count). The van der Waals surface area contributed by atoms with E-state index in [9.17, 15) is 4.79 Å². The molecular formula is C14H28N2O2. The van der Waals surface area contributed by atoms with Gasteiger partial charge in [-0.05, 0) is 19.8 Å². The lowest BCUT2D eigenvalue weighted by Gasteiger charge is -2.55. The minimum atomic E-state index is -0.425. The van der Waals surface area contributed by atoms with Crippen molar-refractivity contribution in [3.63, 3.8) is 0 Å². The fourth-order valence-corrected chi connectivity index (χ4v) is 2.65. The Morgan fingerprint density at radius 1 is 1.56 bits per heavy atom. The van der Waals surface area contributed by atoms with Gasteiger partial charge in [0, 0.05) is 25.1 Å². The first-order chi connectivity index (χ1) is 8.32. The molecule has 0 saturated heterocycles. The number of hydrogen-bond donors (Lipinski definition) is 1. The van der Waals surface area contributed by atoms with Crippen molar-refractivity contribution < 1.29 is 9.53 Å². The molecule has 0 aromatic carbocycles. The van der Waals surface area contributed by atoms with Gasteiger partial charge in [0.1, 0.15) is 0 Å². The largest absolute Gasteiger partial charge is 0.378 e. The van der Waals surface area contributed by atoms with Gasteiger partial charge in [-0.3, -0.25) is 4.79 Å². The molecule has 0 heterocycles. The molecule has 1 fully saturated rings. The van der Waals surface area contributed by atoms with Gasteiger partial charge in [-0.1, -0.05) is 27.2 Å². The molecule has 3 atom stereocenters. The fraction of sp³-hybridized carbons (Fsp3) is 0.929. The van der Waals surface area contributed by atoms with Crippen molar-refractivity contribution in [1.82, 2.24) is 4.90 Å². The number of nitrogens with two attached hydrogens (primary N) is 1. The van der Waals surface area contributed by atoms with Crippen LogP contribution in [0.2, 0.25) is 0 Å². The summed E-state index contributed by atoms with van der Waals surface area (Å²) < 4.78 is 5.89. The molecule has 0 aromatic rings. The second-order valence-electron chi connectivity index (χ2n) is 6.02. The van der Waals surface area contributed by atoms with Crippen molar-refractivity contribution in [2.75, 3.05) is 13.7 Å². The zero-order valence-electron chi connectivity index (χ0n) is 12.4. The fourth-order valence-electron chi connectivity index (χ4n) is 2.65. The third kappa shape index (κ3) is 3.04. The molecule has 18 heavy (non-hydrogen) atoms. The number of unbranched alkanes of at least 4 members (excludes halogenated alkanes) is 1. The van der Waals surface area contributed by atoms with E-state index in [4.69, 9.17) is 10.5 Å². The molecule has 1 saturated carbocycles. The molecule has 4 heteroatoms. The Hall–Kier alpha value is -0.610. The Morgan fingerprint density at radius 2 is 2.17 bits per heavy atom. The first-order valence-corrected chi connectivity index (χ1v) is 6.96. The van der Waals surface area contributed by atoms with Crippen LogP contribution in [0.5, 0.6) is 0 Å². The summed E-state index contributed by atoms with van der Waals surface area (Å²) in [7, 11) is 1.85. The third-order valence-electron chi connectivity index (χ3n) is 4.15. The zero-order valence-corrected chi connectivity index (χ0v) is 12.4. The summed E-state index contributed by atoms with van der Waals surface area (Å²) in [5.41, 5.74) is 5.67. The number of hydrogen-bond acceptors (Lipinski definition) is 3. The Morgan fingerprint density at radius 3 is 2.61 bits per heavy atom. The van der Waals surface area contributed by atoms with Crippen LogP contribution in [0.25, 0.3) is 0 Å². The zero-order chi connectivity index (χ0) is 13.9. The summed E-state index contributed by atoms with van der Waals surface area (Å²) in [4.78, 5) is 13.7. The van der Waals surface area contributed by atoms with Crippen LogP contribution in [0.1, 0.15) is 47.0 Å². The monoisotopic (exact) mass is 256 g/mol. The van der Waals surface area contributed by atoms with E-state index in [2.05, 4.69) is 20.8 Å². The molecule has 1 aliphatic carbocycles. The van der Waals surface area contributed by atoms with Crippen LogP contribution >= 0.6 is 0 Å². The molecule has 0 aliphatic heterocycles. The van der Waals surface area contributed by atoms with E-state index in [-0.39, 0.29) is 23.5 Å². The Kier molecular flexibility index (Phi) is 5.17. The SMILES string of the molecule is CCCCOC1CC(N(C)C(=O)[C@H](C)N)C1(C)C. The quantitative estimate of drug-likeness (QED) is 0.737. The maximum absolute atomic E-state index is 11.9. The topological polar surface area (TPSA) is 55.6 Å². The summed E-state index contributed by atoms with van der Waals surface area (Å²) in [5.74, 6) is 0.0140. The first kappa shape index (κ1) is 15.4. The van der Waals surface area contributed by atoms with Crippen molar-refractivity contribution in [2.24, 2.45) is 11.1 Å². The maximum Gasteiger partial charge on any atom is 0.239 e. The summed E-state index contributed by atoms with van der Waals surface area (Å²) in [5, 5.41) is 0. The molecule has 2 unspecified atom stereocenters. The predicted octanol–water partition coefficient (Wildman–Crippen LogP) is 1.78. The highest BCUT2D eigenvalue weighted by molar-refractivity contribution is 5.81. The molecular weight excluding hydrogens is 228 g/mol. The van der Waals surface area contributed by atoms with E-state index >= 15 is 0 Å². The van der Waals surface area contributed by atoms with E-state index in [1.165, 1.54) is 0 Å². The highest BCUT2D eigenvalue weighted by Crippen LogP contribution is 2.45. The van der Waals surface area contributed by atoms with E-state index in [0.29, 0.717) is 0 Å². The molecule has 0 radical (unpaired) electrons. The van der Waals surface area contributed by atoms with Crippen molar-refractivity contribution in [3.05, 3.63) is 0 Å². The molecule has 1 amide bonds. The minimum Gasteiger partial charge on any atom is -0.378 e. The van der Waals surface area contributed by atoms with Gasteiger partial charge in [0.2, 0.25) is 5.91 Å². The van der Waals surface area contributed by atoms with E-state index in [1.54, 1.807) is 11.8 Å². The summed E-state index contributed by atoms with van der Waals surface area (Å²) >= 11 is 0. The van der Waals surface area contributed by atoms with Crippen LogP contribution in [0.3, 0.4) is 0 Å². The van der Waals surface area contributed by atoms with Crippen molar-refractivity contribution >= 4 is 5.91 Å². The van der Waals surface area contributed by atoms with Crippen LogP contribution in [0.4, 0.5) is 0 Å². The van der Waals surface area contributed by atoms with E-state index < -0.39 is 6.04 Å². The third-order valence-corrected chi connectivity index (χ3v) is 4.15. The summed E-state index contributed by atoms with van der Waals surface area (Å²) in [6, 6.07) is -0.187. The highest BCUT2D eigenvalue weighted by atomic mass is 16.5. The molecule has 4 nitrogen and oxygen atoms in total. The Labute approximate surface area is 111 Å². The van der Waals surface area contributed by atoms with E-state index in [1.807, 2.05) is 7.05 Å². The van der Waals surface area contributed by atoms with Crippen LogP contribution in [0, 0.1) is 5.41 Å². The molecule has 2 N–H and O–H groups in total. The number of likely N-dealkylation sites (N-methyl/N-ethyl adjacent to an activating group) is 1. The average Bonchev–Trinajstić information content (AvgIpc) is 2.31.